The van der Waals surface area contributed by atoms with Crippen molar-refractivity contribution in [3.05, 3.63) is 71.9 Å². The Labute approximate surface area is 186 Å². The molecule has 2 heterocycles. The predicted octanol–water partition coefficient (Wildman–Crippen LogP) is 1.88. The lowest BCUT2D eigenvalue weighted by Crippen LogP contribution is -2.02. The first kappa shape index (κ1) is 24.7. The fourth-order valence-corrected chi connectivity index (χ4v) is 3.00. The van der Waals surface area contributed by atoms with E-state index in [0.717, 1.165) is 40.6 Å². The number of H-pyrrole nitrogens is 2. The number of hydrogen-bond donors (Lipinski definition) is 8. The van der Waals surface area contributed by atoms with E-state index in [2.05, 4.69) is 15.0 Å². The number of nitrogens with two attached hydrogens (primary N) is 3. The Balaban J connectivity index is 0.000000175. The minimum Gasteiger partial charge on any atom is -0.508 e. The first-order valence-corrected chi connectivity index (χ1v) is 10.4. The molecule has 0 aliphatic carbocycles. The predicted molar refractivity (Wildman–Crippen MR) is 127 cm³/mol. The lowest BCUT2D eigenvalue weighted by atomic mass is 10.1. The van der Waals surface area contributed by atoms with E-state index in [4.69, 9.17) is 27.4 Å². The molecule has 0 aliphatic rings. The summed E-state index contributed by atoms with van der Waals surface area (Å²) in [7, 11) is 0. The second-order valence-corrected chi connectivity index (χ2v) is 7.06. The van der Waals surface area contributed by atoms with Crippen molar-refractivity contribution in [2.75, 3.05) is 19.6 Å². The third-order valence-electron chi connectivity index (χ3n) is 4.61. The standard InChI is InChI=1S/C10H12N2O.C8H11NO2.C5H9N3/c11-4-3-7-6-12-10-2-1-8(13)5-9(7)10;9-4-3-6-1-2-7(10)8(11)5-6;6-2-1-5-3-7-4-8-5/h1-2,5-6,12-13H,3-4,11H2;1-2,5,10-11H,3-4,9H2;3-4H,1-2,6H2,(H,7,8). The smallest absolute Gasteiger partial charge is 0.157 e. The van der Waals surface area contributed by atoms with Crippen LogP contribution in [0.3, 0.4) is 0 Å². The average molecular weight is 441 g/mol. The van der Waals surface area contributed by atoms with Gasteiger partial charge in [-0.25, -0.2) is 4.98 Å². The number of aromatic nitrogens is 3. The molecule has 0 saturated heterocycles. The van der Waals surface area contributed by atoms with Crippen molar-refractivity contribution in [2.24, 2.45) is 17.2 Å². The lowest BCUT2D eigenvalue weighted by Gasteiger charge is -2.00. The van der Waals surface area contributed by atoms with Crippen LogP contribution in [0.25, 0.3) is 10.9 Å². The van der Waals surface area contributed by atoms with Gasteiger partial charge < -0.3 is 42.5 Å². The SMILES string of the molecule is NCCc1c[nH]c2ccc(O)cc12.NCCc1ccc(O)c(O)c1.NCCc1cnc[nH]1. The highest BCUT2D eigenvalue weighted by molar-refractivity contribution is 5.84. The van der Waals surface area contributed by atoms with Crippen molar-refractivity contribution >= 4 is 10.9 Å². The second-order valence-electron chi connectivity index (χ2n) is 7.06. The monoisotopic (exact) mass is 440 g/mol. The van der Waals surface area contributed by atoms with E-state index in [9.17, 15) is 5.11 Å². The quantitative estimate of drug-likeness (QED) is 0.210. The Hall–Kier alpha value is -3.53. The Kier molecular flexibility index (Phi) is 10.1. The number of fused-ring (bicyclic) bond motifs is 1. The summed E-state index contributed by atoms with van der Waals surface area (Å²) in [5.41, 5.74) is 20.3. The van der Waals surface area contributed by atoms with Crippen LogP contribution in [0.5, 0.6) is 17.2 Å². The molecule has 0 amide bonds. The number of aromatic hydroxyl groups is 3. The number of hydrogen-bond acceptors (Lipinski definition) is 7. The summed E-state index contributed by atoms with van der Waals surface area (Å²) in [6.07, 6.45) is 7.83. The minimum absolute atomic E-state index is 0.0871. The summed E-state index contributed by atoms with van der Waals surface area (Å²) < 4.78 is 0. The van der Waals surface area contributed by atoms with Gasteiger partial charge in [0.15, 0.2) is 11.5 Å². The van der Waals surface area contributed by atoms with Crippen LogP contribution in [0.2, 0.25) is 0 Å². The average Bonchev–Trinajstić information content (AvgIpc) is 3.43. The summed E-state index contributed by atoms with van der Waals surface area (Å²) in [6, 6.07) is 10.0. The maximum atomic E-state index is 9.30. The van der Waals surface area contributed by atoms with Crippen molar-refractivity contribution in [2.45, 2.75) is 19.3 Å². The van der Waals surface area contributed by atoms with Gasteiger partial charge in [-0.15, -0.1) is 0 Å². The molecule has 32 heavy (non-hydrogen) atoms. The lowest BCUT2D eigenvalue weighted by molar-refractivity contribution is 0.403. The van der Waals surface area contributed by atoms with Gasteiger partial charge in [0.2, 0.25) is 0 Å². The maximum Gasteiger partial charge on any atom is 0.157 e. The zero-order valence-electron chi connectivity index (χ0n) is 18.0. The van der Waals surface area contributed by atoms with Gasteiger partial charge in [0.25, 0.3) is 0 Å². The van der Waals surface area contributed by atoms with E-state index in [1.54, 1.807) is 30.7 Å². The molecule has 11 N–H and O–H groups in total. The van der Waals surface area contributed by atoms with Gasteiger partial charge in [-0.05, 0) is 73.9 Å². The Morgan fingerprint density at radius 1 is 0.781 bits per heavy atom. The fraction of sp³-hybridized carbons (Fsp3) is 0.261. The number of phenols is 3. The van der Waals surface area contributed by atoms with E-state index in [1.807, 2.05) is 12.3 Å². The molecule has 2 aromatic heterocycles. The summed E-state index contributed by atoms with van der Waals surface area (Å²) in [6.45, 7) is 1.86. The summed E-state index contributed by atoms with van der Waals surface area (Å²) in [4.78, 5) is 9.91. The molecule has 9 nitrogen and oxygen atoms in total. The van der Waals surface area contributed by atoms with Gasteiger partial charge in [-0.1, -0.05) is 6.07 Å². The van der Waals surface area contributed by atoms with Gasteiger partial charge in [0.1, 0.15) is 5.75 Å². The Morgan fingerprint density at radius 2 is 1.53 bits per heavy atom. The molecular weight excluding hydrogens is 408 g/mol. The topological polar surface area (TPSA) is 183 Å². The highest BCUT2D eigenvalue weighted by Gasteiger charge is 2.03. The van der Waals surface area contributed by atoms with Gasteiger partial charge in [-0.3, -0.25) is 0 Å². The second kappa shape index (κ2) is 13.0. The number of nitrogens with zero attached hydrogens (tertiary/aromatic N) is 1. The van der Waals surface area contributed by atoms with Crippen LogP contribution in [0.15, 0.2) is 55.1 Å². The highest BCUT2D eigenvalue weighted by Crippen LogP contribution is 2.25. The van der Waals surface area contributed by atoms with E-state index in [-0.39, 0.29) is 11.5 Å². The molecule has 0 bridgehead atoms. The Morgan fingerprint density at radius 3 is 2.16 bits per heavy atom. The molecule has 0 unspecified atom stereocenters. The minimum atomic E-state index is -0.0919. The first-order valence-electron chi connectivity index (χ1n) is 10.4. The number of rotatable bonds is 6. The first-order chi connectivity index (χ1) is 15.5. The van der Waals surface area contributed by atoms with Crippen LogP contribution >= 0.6 is 0 Å². The number of aromatic amines is 2. The van der Waals surface area contributed by atoms with Crippen molar-refractivity contribution in [3.8, 4) is 17.2 Å². The number of imidazole rings is 1. The molecule has 9 heteroatoms. The van der Waals surface area contributed by atoms with Crippen LogP contribution in [0, 0.1) is 0 Å². The molecule has 4 rings (SSSR count). The van der Waals surface area contributed by atoms with Crippen molar-refractivity contribution in [1.29, 1.82) is 0 Å². The van der Waals surface area contributed by atoms with E-state index in [1.165, 1.54) is 12.1 Å². The maximum absolute atomic E-state index is 9.30. The molecule has 0 spiro atoms. The van der Waals surface area contributed by atoms with Gasteiger partial charge >= 0.3 is 0 Å². The molecule has 0 saturated carbocycles. The van der Waals surface area contributed by atoms with Crippen LogP contribution in [-0.2, 0) is 19.3 Å². The number of nitrogens with one attached hydrogen (secondary N) is 2. The van der Waals surface area contributed by atoms with E-state index < -0.39 is 0 Å². The van der Waals surface area contributed by atoms with Crippen LogP contribution < -0.4 is 17.2 Å². The largest absolute Gasteiger partial charge is 0.508 e. The molecular formula is C23H32N6O3. The zero-order chi connectivity index (χ0) is 23.3. The fourth-order valence-electron chi connectivity index (χ4n) is 3.00. The molecule has 0 radical (unpaired) electrons. The number of benzene rings is 2. The molecule has 0 atom stereocenters. The summed E-state index contributed by atoms with van der Waals surface area (Å²) in [5, 5.41) is 28.3. The van der Waals surface area contributed by atoms with E-state index >= 15 is 0 Å². The van der Waals surface area contributed by atoms with Crippen molar-refractivity contribution in [3.63, 3.8) is 0 Å². The van der Waals surface area contributed by atoms with Crippen LogP contribution in [0.4, 0.5) is 0 Å². The molecule has 4 aromatic rings. The molecule has 0 fully saturated rings. The highest BCUT2D eigenvalue weighted by atomic mass is 16.3. The third kappa shape index (κ3) is 7.62. The zero-order valence-corrected chi connectivity index (χ0v) is 18.0. The van der Waals surface area contributed by atoms with Crippen molar-refractivity contribution in [1.82, 2.24) is 15.0 Å². The third-order valence-corrected chi connectivity index (χ3v) is 4.61. The number of phenolic OH excluding ortho intramolecular Hbond substituents is 3. The van der Waals surface area contributed by atoms with Gasteiger partial charge in [0.05, 0.1) is 6.33 Å². The van der Waals surface area contributed by atoms with E-state index in [0.29, 0.717) is 31.8 Å². The molecule has 0 aliphatic heterocycles. The van der Waals surface area contributed by atoms with Gasteiger partial charge in [0, 0.05) is 35.4 Å². The van der Waals surface area contributed by atoms with Crippen LogP contribution in [-0.4, -0.2) is 49.9 Å². The summed E-state index contributed by atoms with van der Waals surface area (Å²) in [5.74, 6) is 0.118. The molecule has 172 valence electrons. The van der Waals surface area contributed by atoms with Crippen LogP contribution in [0.1, 0.15) is 16.8 Å². The summed E-state index contributed by atoms with van der Waals surface area (Å²) >= 11 is 0. The van der Waals surface area contributed by atoms with Crippen molar-refractivity contribution < 1.29 is 15.3 Å². The Bertz CT molecular complexity index is 1060. The normalized spacial score (nSPS) is 10.2. The molecule has 2 aromatic carbocycles. The van der Waals surface area contributed by atoms with Gasteiger partial charge in [-0.2, -0.15) is 0 Å².